The van der Waals surface area contributed by atoms with Crippen molar-refractivity contribution < 1.29 is 57.7 Å². The molecule has 372 valence electrons. The number of nitrogens with zero attached hydrogens (tertiary/aromatic N) is 6. The first-order chi connectivity index (χ1) is 33.5. The van der Waals surface area contributed by atoms with Crippen molar-refractivity contribution in [3.05, 3.63) is 220 Å². The summed E-state index contributed by atoms with van der Waals surface area (Å²) in [6.07, 6.45) is 14.5. The summed E-state index contributed by atoms with van der Waals surface area (Å²) < 4.78 is 32.6. The van der Waals surface area contributed by atoms with Crippen LogP contribution in [0.5, 0.6) is 11.5 Å². The Morgan fingerprint density at radius 3 is 1.48 bits per heavy atom. The number of ether oxygens (including phenoxy) is 2. The van der Waals surface area contributed by atoms with Gasteiger partial charge >= 0.3 is 5.69 Å². The van der Waals surface area contributed by atoms with Crippen LogP contribution < -0.4 is 65.1 Å². The molecular formula is C52H57Cl2FN10O6. The number of aromatic nitrogens is 4. The van der Waals surface area contributed by atoms with Crippen LogP contribution in [0.2, 0.25) is 0 Å². The van der Waals surface area contributed by atoms with Gasteiger partial charge in [-0.05, 0) is 83.9 Å². The van der Waals surface area contributed by atoms with E-state index in [2.05, 4.69) is 50.1 Å². The highest BCUT2D eigenvalue weighted by atomic mass is 35.5. The standard InChI is InChI=1S/C26H28N5O3.C13H10FNO3.C13H19N4.2ClH/c1-29-16-17-30(20-29)15-5-14-27-22-8-10-23(11-9-22)28-25-13-12-24(18-26(25)31(32)33)34-19-21-6-3-2-4-7-21;14-12-7-6-11(8-13(12)15(16)17)18-9-10-4-2-1-3-5-10;1-16-9-10-17(11-16)8-2-7-15-13-5-3-12(14)4-6-13;;/h2-4,6-13,16-18,20,27-28H,5,14-15,19H2,1H3;1-8H,9H2;3-6,9-11,15H,2,7-8,14H2,1H3;2*1H/q+1;;+1;;/p-2. The van der Waals surface area contributed by atoms with Gasteiger partial charge in [0.1, 0.15) is 55.2 Å². The number of nitrogens with one attached hydrogen (secondary N) is 3. The third kappa shape index (κ3) is 19.0. The van der Waals surface area contributed by atoms with Crippen molar-refractivity contribution in [2.75, 3.05) is 34.8 Å². The Labute approximate surface area is 424 Å². The number of nitrogen functional groups attached to an aromatic ring is 1. The second-order valence-electron chi connectivity index (χ2n) is 15.9. The molecule has 0 amide bonds. The lowest BCUT2D eigenvalue weighted by Crippen LogP contribution is -3.00. The molecule has 0 aliphatic rings. The van der Waals surface area contributed by atoms with E-state index in [0.717, 1.165) is 85.0 Å². The number of benzene rings is 6. The molecule has 0 bridgehead atoms. The van der Waals surface area contributed by atoms with Crippen LogP contribution in [-0.2, 0) is 40.4 Å². The minimum atomic E-state index is -0.868. The summed E-state index contributed by atoms with van der Waals surface area (Å²) in [6, 6.07) is 42.9. The molecule has 0 aliphatic carbocycles. The molecule has 16 nitrogen and oxygen atoms in total. The van der Waals surface area contributed by atoms with Gasteiger partial charge in [-0.1, -0.05) is 60.7 Å². The Bertz CT molecular complexity index is 2840. The molecular weight excluding hydrogens is 951 g/mol. The smallest absolute Gasteiger partial charge is 0.308 e. The minimum absolute atomic E-state index is 0. The van der Waals surface area contributed by atoms with Crippen LogP contribution in [0.3, 0.4) is 0 Å². The van der Waals surface area contributed by atoms with E-state index in [9.17, 15) is 24.6 Å². The van der Waals surface area contributed by atoms with Crippen LogP contribution in [0.15, 0.2) is 183 Å². The first-order valence-corrected chi connectivity index (χ1v) is 22.3. The molecule has 2 aromatic heterocycles. The molecule has 2 heterocycles. The van der Waals surface area contributed by atoms with E-state index in [1.54, 1.807) is 12.1 Å². The molecule has 0 atom stereocenters. The van der Waals surface area contributed by atoms with Crippen molar-refractivity contribution in [3.8, 4) is 11.5 Å². The Hall–Kier alpha value is -8.15. The summed E-state index contributed by atoms with van der Waals surface area (Å²) in [4.78, 5) is 21.0. The molecule has 0 radical (unpaired) electrons. The van der Waals surface area contributed by atoms with E-state index in [0.29, 0.717) is 18.0 Å². The highest BCUT2D eigenvalue weighted by molar-refractivity contribution is 5.71. The van der Waals surface area contributed by atoms with Gasteiger partial charge in [0.25, 0.3) is 5.69 Å². The SMILES string of the molecule is C[n+]1ccn(CCCNc2ccc(N)cc2)c1.C[n+]1ccn(CCCNc2ccc(Nc3ccc(OCc4ccccc4)cc3[N+](=O)[O-])cc2)c1.O=[N+]([O-])c1cc(OCc2ccccc2)ccc1F.[Cl-].[Cl-]. The predicted octanol–water partition coefficient (Wildman–Crippen LogP) is 3.76. The van der Waals surface area contributed by atoms with Crippen molar-refractivity contribution in [1.82, 2.24) is 9.13 Å². The van der Waals surface area contributed by atoms with Crippen molar-refractivity contribution in [2.24, 2.45) is 14.1 Å². The number of aryl methyl sites for hydroxylation is 4. The molecule has 71 heavy (non-hydrogen) atoms. The topological polar surface area (TPSA) is 184 Å². The van der Waals surface area contributed by atoms with E-state index in [1.165, 1.54) is 12.1 Å². The summed E-state index contributed by atoms with van der Waals surface area (Å²) in [5.74, 6) is -0.145. The van der Waals surface area contributed by atoms with Gasteiger partial charge in [-0.2, -0.15) is 4.39 Å². The maximum Gasteiger partial charge on any atom is 0.308 e. The highest BCUT2D eigenvalue weighted by Crippen LogP contribution is 2.32. The monoisotopic (exact) mass is 1010 g/mol. The van der Waals surface area contributed by atoms with Crippen LogP contribution in [0, 0.1) is 26.0 Å². The van der Waals surface area contributed by atoms with E-state index in [4.69, 9.17) is 15.2 Å². The van der Waals surface area contributed by atoms with Gasteiger partial charge in [-0.25, -0.2) is 18.3 Å². The number of halogens is 3. The molecule has 0 saturated heterocycles. The molecule has 0 saturated carbocycles. The summed E-state index contributed by atoms with van der Waals surface area (Å²) in [7, 11) is 4.04. The Kier molecular flexibility index (Phi) is 22.7. The van der Waals surface area contributed by atoms with Crippen molar-refractivity contribution in [3.63, 3.8) is 0 Å². The van der Waals surface area contributed by atoms with Crippen molar-refractivity contribution >= 4 is 39.8 Å². The fourth-order valence-corrected chi connectivity index (χ4v) is 6.75. The zero-order chi connectivity index (χ0) is 48.8. The third-order valence-electron chi connectivity index (χ3n) is 10.3. The lowest BCUT2D eigenvalue weighted by molar-refractivity contribution is -0.671. The number of anilines is 5. The van der Waals surface area contributed by atoms with E-state index >= 15 is 0 Å². The Balaban J connectivity index is 0.000000250. The largest absolute Gasteiger partial charge is 1.00 e. The average Bonchev–Trinajstić information content (AvgIpc) is 3.99. The van der Waals surface area contributed by atoms with Gasteiger partial charge in [0.15, 0.2) is 0 Å². The maximum absolute atomic E-state index is 13.1. The lowest BCUT2D eigenvalue weighted by Gasteiger charge is -2.11. The molecule has 8 aromatic rings. The van der Waals surface area contributed by atoms with Gasteiger partial charge in [0.2, 0.25) is 18.5 Å². The normalized spacial score (nSPS) is 10.1. The van der Waals surface area contributed by atoms with Gasteiger partial charge < -0.3 is 56.0 Å². The van der Waals surface area contributed by atoms with E-state index in [-0.39, 0.29) is 42.9 Å². The number of hydrogen-bond acceptors (Lipinski definition) is 10. The van der Waals surface area contributed by atoms with Crippen LogP contribution in [0.4, 0.5) is 44.2 Å². The van der Waals surface area contributed by atoms with E-state index < -0.39 is 21.4 Å². The Morgan fingerprint density at radius 1 is 0.592 bits per heavy atom. The van der Waals surface area contributed by atoms with E-state index in [1.807, 2.05) is 145 Å². The molecule has 5 N–H and O–H groups in total. The van der Waals surface area contributed by atoms with Gasteiger partial charge in [0, 0.05) is 48.7 Å². The summed E-state index contributed by atoms with van der Waals surface area (Å²) in [5, 5.41) is 32.1. The van der Waals surface area contributed by atoms with Gasteiger partial charge in [-0.15, -0.1) is 0 Å². The summed E-state index contributed by atoms with van der Waals surface area (Å²) in [6.45, 7) is 4.42. The molecule has 0 aliphatic heterocycles. The second-order valence-corrected chi connectivity index (χ2v) is 15.9. The number of rotatable bonds is 20. The van der Waals surface area contributed by atoms with Crippen molar-refractivity contribution in [2.45, 2.75) is 39.1 Å². The molecule has 6 aromatic carbocycles. The average molecular weight is 1010 g/mol. The van der Waals surface area contributed by atoms with Gasteiger partial charge in [0.05, 0.1) is 49.2 Å². The molecule has 0 unspecified atom stereocenters. The van der Waals surface area contributed by atoms with Gasteiger partial charge in [-0.3, -0.25) is 20.2 Å². The van der Waals surface area contributed by atoms with Crippen LogP contribution in [0.1, 0.15) is 24.0 Å². The Morgan fingerprint density at radius 2 is 1.03 bits per heavy atom. The molecule has 0 spiro atoms. The van der Waals surface area contributed by atoms with Crippen LogP contribution in [-0.4, -0.2) is 32.1 Å². The number of nitro groups is 2. The quantitative estimate of drug-likeness (QED) is 0.0289. The third-order valence-corrected chi connectivity index (χ3v) is 10.3. The lowest BCUT2D eigenvalue weighted by atomic mass is 10.2. The number of hydrogen-bond donors (Lipinski definition) is 4. The number of imidazole rings is 2. The zero-order valence-corrected chi connectivity index (χ0v) is 40.8. The fourth-order valence-electron chi connectivity index (χ4n) is 6.75. The van der Waals surface area contributed by atoms with Crippen LogP contribution in [0.25, 0.3) is 0 Å². The zero-order valence-electron chi connectivity index (χ0n) is 39.3. The summed E-state index contributed by atoms with van der Waals surface area (Å²) >= 11 is 0. The summed E-state index contributed by atoms with van der Waals surface area (Å²) in [5.41, 5.74) is 11.1. The minimum Gasteiger partial charge on any atom is -1.00 e. The highest BCUT2D eigenvalue weighted by Gasteiger charge is 2.17. The second kappa shape index (κ2) is 29.0. The predicted molar refractivity (Wildman–Crippen MR) is 266 cm³/mol. The molecule has 0 fully saturated rings. The van der Waals surface area contributed by atoms with Crippen LogP contribution >= 0.6 is 0 Å². The number of nitro benzene ring substituents is 2. The van der Waals surface area contributed by atoms with Crippen molar-refractivity contribution in [1.29, 1.82) is 0 Å². The first kappa shape index (κ1) is 55.4. The molecule has 8 rings (SSSR count). The maximum atomic E-state index is 13.1. The molecule has 19 heteroatoms. The first-order valence-electron chi connectivity index (χ1n) is 22.3. The number of nitrogens with two attached hydrogens (primary N) is 1. The fraction of sp³-hybridized carbons (Fsp3) is 0.192.